The normalized spacial score (nSPS) is 19.9. The minimum Gasteiger partial charge on any atom is -0.478 e. The Balaban J connectivity index is 1.86. The molecule has 1 aromatic heterocycles. The number of hydrogen-bond acceptors (Lipinski definition) is 6. The van der Waals surface area contributed by atoms with E-state index in [0.29, 0.717) is 11.6 Å². The Morgan fingerprint density at radius 2 is 2.12 bits per heavy atom. The van der Waals surface area contributed by atoms with E-state index in [0.717, 1.165) is 22.5 Å². The molecule has 2 aliphatic rings. The van der Waals surface area contributed by atoms with E-state index in [-0.39, 0.29) is 24.4 Å². The lowest BCUT2D eigenvalue weighted by Crippen LogP contribution is -2.27. The number of aromatic nitrogens is 2. The number of fused-ring (bicyclic) bond motifs is 3. The molecule has 2 aliphatic heterocycles. The Hall–Kier alpha value is -3.34. The summed E-state index contributed by atoms with van der Waals surface area (Å²) in [6.07, 6.45) is 3.63. The second kappa shape index (κ2) is 5.63. The summed E-state index contributed by atoms with van der Waals surface area (Å²) in [5.41, 5.74) is 2.99. The fourth-order valence-electron chi connectivity index (χ4n) is 3.40. The van der Waals surface area contributed by atoms with Crippen molar-refractivity contribution in [2.24, 2.45) is 10.2 Å². The van der Waals surface area contributed by atoms with Gasteiger partial charge in [0.15, 0.2) is 18.6 Å². The monoisotopic (exact) mass is 336 g/mol. The Labute approximate surface area is 143 Å². The zero-order valence-electron chi connectivity index (χ0n) is 13.8. The third kappa shape index (κ3) is 2.32. The van der Waals surface area contributed by atoms with Gasteiger partial charge in [-0.1, -0.05) is 6.08 Å². The van der Waals surface area contributed by atoms with Crippen LogP contribution in [0.5, 0.6) is 5.75 Å². The van der Waals surface area contributed by atoms with Gasteiger partial charge in [-0.25, -0.2) is 4.79 Å². The zero-order valence-corrected chi connectivity index (χ0v) is 13.8. The molecule has 2 N–H and O–H groups in total. The summed E-state index contributed by atoms with van der Waals surface area (Å²) in [4.78, 5) is 15.3. The van der Waals surface area contributed by atoms with Gasteiger partial charge in [0.05, 0.1) is 17.3 Å². The quantitative estimate of drug-likeness (QED) is 0.896. The molecule has 1 aromatic carbocycles. The van der Waals surface area contributed by atoms with E-state index < -0.39 is 0 Å². The van der Waals surface area contributed by atoms with Crippen LogP contribution in [0.2, 0.25) is 0 Å². The molecule has 0 radical (unpaired) electrons. The third-order valence-electron chi connectivity index (χ3n) is 4.40. The maximum absolute atomic E-state index is 12.6. The van der Waals surface area contributed by atoms with Gasteiger partial charge in [0.25, 0.3) is 0 Å². The van der Waals surface area contributed by atoms with E-state index in [9.17, 15) is 4.79 Å². The van der Waals surface area contributed by atoms with E-state index in [2.05, 4.69) is 20.5 Å². The first-order valence-electron chi connectivity index (χ1n) is 7.90. The van der Waals surface area contributed by atoms with Gasteiger partial charge < -0.3 is 10.1 Å². The molecular formula is C17H16N6O2. The third-order valence-corrected chi connectivity index (χ3v) is 4.40. The minimum absolute atomic E-state index is 0.0128. The number of hydrogen-bond donors (Lipinski definition) is 2. The number of ether oxygens (including phenoxy) is 1. The summed E-state index contributed by atoms with van der Waals surface area (Å²) in [5, 5.41) is 20.1. The number of H-pyrrole nitrogens is 1. The predicted molar refractivity (Wildman–Crippen MR) is 90.3 cm³/mol. The molecule has 8 heteroatoms. The van der Waals surface area contributed by atoms with Crippen molar-refractivity contribution >= 4 is 5.82 Å². The summed E-state index contributed by atoms with van der Waals surface area (Å²) in [6, 6.07) is 5.72. The molecule has 0 fully saturated rings. The molecule has 2 unspecified atom stereocenters. The average Bonchev–Trinajstić information content (AvgIpc) is 3.16. The summed E-state index contributed by atoms with van der Waals surface area (Å²) in [6.45, 7) is 3.78. The highest BCUT2D eigenvalue weighted by atomic mass is 16.5. The summed E-state index contributed by atoms with van der Waals surface area (Å²) in [5.74, 6) is 1.10. The largest absolute Gasteiger partial charge is 0.478 e. The SMILES string of the molecule is Cc1cc(-n2c3c([nH]c2=O)N=NC2NC=CC32)cc(C)c1OCC#N. The molecule has 126 valence electrons. The fourth-order valence-corrected chi connectivity index (χ4v) is 3.40. The minimum atomic E-state index is -0.255. The molecule has 0 saturated carbocycles. The van der Waals surface area contributed by atoms with Crippen LogP contribution < -0.4 is 15.7 Å². The molecule has 3 heterocycles. The van der Waals surface area contributed by atoms with Crippen molar-refractivity contribution in [3.8, 4) is 17.5 Å². The molecule has 0 bridgehead atoms. The zero-order chi connectivity index (χ0) is 17.6. The average molecular weight is 336 g/mol. The number of nitrogens with one attached hydrogen (secondary N) is 2. The Bertz CT molecular complexity index is 984. The Kier molecular flexibility index (Phi) is 3.42. The van der Waals surface area contributed by atoms with Crippen molar-refractivity contribution in [3.63, 3.8) is 0 Å². The summed E-state index contributed by atoms with van der Waals surface area (Å²) in [7, 11) is 0. The van der Waals surface area contributed by atoms with E-state index in [1.54, 1.807) is 4.57 Å². The van der Waals surface area contributed by atoms with Crippen molar-refractivity contribution in [3.05, 3.63) is 51.7 Å². The van der Waals surface area contributed by atoms with Crippen LogP contribution in [0.3, 0.4) is 0 Å². The molecule has 0 saturated heterocycles. The van der Waals surface area contributed by atoms with Crippen LogP contribution in [-0.2, 0) is 0 Å². The summed E-state index contributed by atoms with van der Waals surface area (Å²) >= 11 is 0. The molecule has 0 spiro atoms. The smallest absolute Gasteiger partial charge is 0.332 e. The molecule has 8 nitrogen and oxygen atoms in total. The van der Waals surface area contributed by atoms with Gasteiger partial charge in [-0.15, -0.1) is 5.11 Å². The first-order chi connectivity index (χ1) is 12.1. The van der Waals surface area contributed by atoms with E-state index in [1.807, 2.05) is 44.3 Å². The molecule has 2 atom stereocenters. The van der Waals surface area contributed by atoms with Gasteiger partial charge in [0, 0.05) is 0 Å². The van der Waals surface area contributed by atoms with Crippen LogP contribution in [0.4, 0.5) is 5.82 Å². The summed E-state index contributed by atoms with van der Waals surface area (Å²) < 4.78 is 7.13. The highest BCUT2D eigenvalue weighted by Gasteiger charge is 2.34. The number of benzene rings is 1. The lowest BCUT2D eigenvalue weighted by Gasteiger charge is -2.21. The van der Waals surface area contributed by atoms with Gasteiger partial charge in [0.1, 0.15) is 11.8 Å². The number of azo groups is 1. The van der Waals surface area contributed by atoms with Crippen molar-refractivity contribution in [2.75, 3.05) is 6.61 Å². The van der Waals surface area contributed by atoms with Crippen LogP contribution in [0.15, 0.2) is 39.4 Å². The van der Waals surface area contributed by atoms with Crippen LogP contribution in [0.1, 0.15) is 22.7 Å². The standard InChI is InChI=1S/C17H16N6O2/c1-9-7-11(8-10(2)14(9)25-6-4-18)23-13-12-3-5-19-15(12)21-22-16(13)20-17(23)24/h3,5,7-8,12,15,19H,6H2,1-2H3,(H,20,24). The van der Waals surface area contributed by atoms with Crippen LogP contribution in [-0.4, -0.2) is 22.3 Å². The highest BCUT2D eigenvalue weighted by molar-refractivity contribution is 5.53. The fraction of sp³-hybridized carbons (Fsp3) is 0.294. The molecular weight excluding hydrogens is 320 g/mol. The maximum atomic E-state index is 12.6. The van der Waals surface area contributed by atoms with E-state index in [1.165, 1.54) is 0 Å². The van der Waals surface area contributed by atoms with Crippen LogP contribution in [0.25, 0.3) is 5.69 Å². The lowest BCUT2D eigenvalue weighted by atomic mass is 10.0. The Morgan fingerprint density at radius 3 is 2.84 bits per heavy atom. The van der Waals surface area contributed by atoms with E-state index in [4.69, 9.17) is 10.00 Å². The van der Waals surface area contributed by atoms with Crippen molar-refractivity contribution < 1.29 is 4.74 Å². The second-order valence-corrected chi connectivity index (χ2v) is 6.07. The van der Waals surface area contributed by atoms with Crippen molar-refractivity contribution in [1.29, 1.82) is 5.26 Å². The van der Waals surface area contributed by atoms with Gasteiger partial charge in [0.2, 0.25) is 0 Å². The number of nitrogens with zero attached hydrogens (tertiary/aromatic N) is 4. The van der Waals surface area contributed by atoms with Crippen molar-refractivity contribution in [1.82, 2.24) is 14.9 Å². The van der Waals surface area contributed by atoms with Gasteiger partial charge >= 0.3 is 5.69 Å². The molecule has 2 aromatic rings. The molecule has 0 aliphatic carbocycles. The maximum Gasteiger partial charge on any atom is 0.332 e. The molecule has 0 amide bonds. The van der Waals surface area contributed by atoms with Gasteiger partial charge in [-0.05, 0) is 43.3 Å². The van der Waals surface area contributed by atoms with Gasteiger partial charge in [-0.2, -0.15) is 10.4 Å². The molecule has 25 heavy (non-hydrogen) atoms. The lowest BCUT2D eigenvalue weighted by molar-refractivity contribution is 0.363. The number of rotatable bonds is 3. The van der Waals surface area contributed by atoms with Gasteiger partial charge in [-0.3, -0.25) is 9.55 Å². The highest BCUT2D eigenvalue weighted by Crippen LogP contribution is 2.38. The van der Waals surface area contributed by atoms with Crippen molar-refractivity contribution in [2.45, 2.75) is 25.9 Å². The molecule has 4 rings (SSSR count). The topological polar surface area (TPSA) is 108 Å². The number of aromatic amines is 1. The predicted octanol–water partition coefficient (Wildman–Crippen LogP) is 2.31. The second-order valence-electron chi connectivity index (χ2n) is 6.07. The first kappa shape index (κ1) is 15.2. The number of aryl methyl sites for hydroxylation is 2. The number of nitriles is 1. The van der Waals surface area contributed by atoms with Crippen LogP contribution >= 0.6 is 0 Å². The van der Waals surface area contributed by atoms with Crippen LogP contribution in [0, 0.1) is 25.2 Å². The van der Waals surface area contributed by atoms with E-state index >= 15 is 0 Å². The number of imidazole rings is 1. The first-order valence-corrected chi connectivity index (χ1v) is 7.90. The Morgan fingerprint density at radius 1 is 1.36 bits per heavy atom.